The highest BCUT2D eigenvalue weighted by atomic mass is 127. The van der Waals surface area contributed by atoms with Crippen LogP contribution in [0.5, 0.6) is 0 Å². The lowest BCUT2D eigenvalue weighted by molar-refractivity contribution is 0.731. The molecule has 6 heteroatoms. The minimum absolute atomic E-state index is 0.0725. The van der Waals surface area contributed by atoms with Crippen LogP contribution in [0, 0.1) is 17.4 Å². The van der Waals surface area contributed by atoms with Gasteiger partial charge in [-0.15, -0.1) is 0 Å². The fourth-order valence-electron chi connectivity index (χ4n) is 2.14. The maximum Gasteiger partial charge on any atom is 0.264 e. The normalized spacial score (nSPS) is 11.0. The zero-order valence-corrected chi connectivity index (χ0v) is 13.7. The molecule has 0 radical (unpaired) electrons. The van der Waals surface area contributed by atoms with Crippen LogP contribution in [-0.4, -0.2) is 19.7 Å². The van der Waals surface area contributed by atoms with Crippen LogP contribution in [0.25, 0.3) is 11.4 Å². The SMILES string of the molecule is CCCc1nc(-c2c(C)nn(C)c2C)[nH]c(=O)c1I. The lowest BCUT2D eigenvalue weighted by Gasteiger charge is -2.06. The van der Waals surface area contributed by atoms with Crippen molar-refractivity contribution in [3.8, 4) is 11.4 Å². The molecule has 0 aliphatic heterocycles. The van der Waals surface area contributed by atoms with Gasteiger partial charge in [0.25, 0.3) is 5.56 Å². The molecule has 0 saturated heterocycles. The van der Waals surface area contributed by atoms with Gasteiger partial charge >= 0.3 is 0 Å². The number of hydrogen-bond acceptors (Lipinski definition) is 3. The highest BCUT2D eigenvalue weighted by Gasteiger charge is 2.16. The van der Waals surface area contributed by atoms with Crippen molar-refractivity contribution in [2.24, 2.45) is 7.05 Å². The van der Waals surface area contributed by atoms with E-state index in [-0.39, 0.29) is 5.56 Å². The van der Waals surface area contributed by atoms with Crippen LogP contribution in [0.3, 0.4) is 0 Å². The Kier molecular flexibility index (Phi) is 4.07. The third kappa shape index (κ3) is 2.58. The Balaban J connectivity index is 2.66. The van der Waals surface area contributed by atoms with Gasteiger partial charge < -0.3 is 4.98 Å². The molecule has 2 aromatic heterocycles. The molecule has 0 amide bonds. The number of H-pyrrole nitrogens is 1. The molecule has 0 saturated carbocycles. The molecule has 0 spiro atoms. The van der Waals surface area contributed by atoms with E-state index >= 15 is 0 Å². The number of rotatable bonds is 3. The molecule has 2 heterocycles. The van der Waals surface area contributed by atoms with E-state index in [9.17, 15) is 4.79 Å². The van der Waals surface area contributed by atoms with E-state index in [4.69, 9.17) is 0 Å². The second-order valence-electron chi connectivity index (χ2n) is 4.59. The van der Waals surface area contributed by atoms with Gasteiger partial charge in [0.1, 0.15) is 5.82 Å². The predicted octanol–water partition coefficient (Wildman–Crippen LogP) is 2.34. The lowest BCUT2D eigenvalue weighted by Crippen LogP contribution is -2.16. The van der Waals surface area contributed by atoms with E-state index in [1.54, 1.807) is 0 Å². The van der Waals surface area contributed by atoms with Crippen LogP contribution in [0.4, 0.5) is 0 Å². The molecule has 0 bridgehead atoms. The first kappa shape index (κ1) is 14.2. The van der Waals surface area contributed by atoms with Crippen molar-refractivity contribution < 1.29 is 0 Å². The average Bonchev–Trinajstić information content (AvgIpc) is 2.59. The smallest absolute Gasteiger partial charge is 0.264 e. The number of aryl methyl sites for hydroxylation is 3. The first-order valence-electron chi connectivity index (χ1n) is 6.25. The zero-order chi connectivity index (χ0) is 14.2. The number of nitrogens with zero attached hydrogens (tertiary/aromatic N) is 3. The van der Waals surface area contributed by atoms with Gasteiger partial charge in [-0.3, -0.25) is 9.48 Å². The summed E-state index contributed by atoms with van der Waals surface area (Å²) in [6.07, 6.45) is 1.78. The van der Waals surface area contributed by atoms with E-state index in [0.717, 1.165) is 35.5 Å². The average molecular weight is 372 g/mol. The summed E-state index contributed by atoms with van der Waals surface area (Å²) in [7, 11) is 1.89. The summed E-state index contributed by atoms with van der Waals surface area (Å²) in [6, 6.07) is 0. The first-order chi connectivity index (χ1) is 8.95. The largest absolute Gasteiger partial charge is 0.305 e. The molecule has 2 rings (SSSR count). The van der Waals surface area contributed by atoms with Crippen LogP contribution < -0.4 is 5.56 Å². The minimum Gasteiger partial charge on any atom is -0.305 e. The minimum atomic E-state index is -0.0725. The van der Waals surface area contributed by atoms with Crippen molar-refractivity contribution in [2.75, 3.05) is 0 Å². The molecular weight excluding hydrogens is 355 g/mol. The van der Waals surface area contributed by atoms with Gasteiger partial charge in [0.15, 0.2) is 0 Å². The standard InChI is InChI=1S/C13H17IN4O/c1-5-6-9-11(14)13(19)16-12(15-9)10-7(2)17-18(4)8(10)3/h5-6H2,1-4H3,(H,15,16,19). The molecule has 1 N–H and O–H groups in total. The van der Waals surface area contributed by atoms with Crippen LogP contribution in [0.2, 0.25) is 0 Å². The summed E-state index contributed by atoms with van der Waals surface area (Å²) in [4.78, 5) is 19.5. The Hall–Kier alpha value is -1.18. The fraction of sp³-hybridized carbons (Fsp3) is 0.462. The monoisotopic (exact) mass is 372 g/mol. The maximum atomic E-state index is 12.0. The maximum absolute atomic E-state index is 12.0. The highest BCUT2D eigenvalue weighted by Crippen LogP contribution is 2.23. The van der Waals surface area contributed by atoms with Crippen LogP contribution in [0.15, 0.2) is 4.79 Å². The summed E-state index contributed by atoms with van der Waals surface area (Å²) in [5.74, 6) is 0.622. The van der Waals surface area contributed by atoms with Gasteiger partial charge in [-0.05, 0) is 42.9 Å². The van der Waals surface area contributed by atoms with Crippen molar-refractivity contribution >= 4 is 22.6 Å². The van der Waals surface area contributed by atoms with Gasteiger partial charge in [-0.2, -0.15) is 5.10 Å². The van der Waals surface area contributed by atoms with E-state index < -0.39 is 0 Å². The van der Waals surface area contributed by atoms with Gasteiger partial charge in [-0.25, -0.2) is 4.98 Å². The van der Waals surface area contributed by atoms with E-state index in [1.165, 1.54) is 0 Å². The molecule has 0 aliphatic rings. The molecule has 5 nitrogen and oxygen atoms in total. The number of nitrogens with one attached hydrogen (secondary N) is 1. The van der Waals surface area contributed by atoms with Crippen LogP contribution in [0.1, 0.15) is 30.4 Å². The quantitative estimate of drug-likeness (QED) is 0.842. The third-order valence-corrected chi connectivity index (χ3v) is 4.28. The second kappa shape index (κ2) is 5.44. The molecule has 0 aliphatic carbocycles. The molecule has 0 unspecified atom stereocenters. The number of aromatic nitrogens is 4. The zero-order valence-electron chi connectivity index (χ0n) is 11.5. The summed E-state index contributed by atoms with van der Waals surface area (Å²) in [5, 5.41) is 4.37. The van der Waals surface area contributed by atoms with Crippen molar-refractivity contribution in [3.05, 3.63) is 31.0 Å². The Morgan fingerprint density at radius 1 is 1.37 bits per heavy atom. The van der Waals surface area contributed by atoms with E-state index in [1.807, 2.05) is 25.6 Å². The van der Waals surface area contributed by atoms with Gasteiger partial charge in [0, 0.05) is 12.7 Å². The predicted molar refractivity (Wildman–Crippen MR) is 83.2 cm³/mol. The Labute approximate surface area is 125 Å². The fourth-order valence-corrected chi connectivity index (χ4v) is 2.67. The summed E-state index contributed by atoms with van der Waals surface area (Å²) in [6.45, 7) is 5.99. The van der Waals surface area contributed by atoms with Gasteiger partial charge in [0.05, 0.1) is 20.5 Å². The van der Waals surface area contributed by atoms with Gasteiger partial charge in [0.2, 0.25) is 0 Å². The third-order valence-electron chi connectivity index (χ3n) is 3.16. The number of hydrogen-bond donors (Lipinski definition) is 1. The number of aromatic amines is 1. The highest BCUT2D eigenvalue weighted by molar-refractivity contribution is 14.1. The number of halogens is 1. The van der Waals surface area contributed by atoms with Crippen LogP contribution in [-0.2, 0) is 13.5 Å². The first-order valence-corrected chi connectivity index (χ1v) is 7.32. The molecule has 2 aromatic rings. The molecule has 102 valence electrons. The molecule has 0 aromatic carbocycles. The summed E-state index contributed by atoms with van der Waals surface area (Å²) < 4.78 is 2.49. The Bertz CT molecular complexity index is 672. The Morgan fingerprint density at radius 3 is 2.58 bits per heavy atom. The Morgan fingerprint density at radius 2 is 2.05 bits per heavy atom. The van der Waals surface area contributed by atoms with Gasteiger partial charge in [-0.1, -0.05) is 13.3 Å². The van der Waals surface area contributed by atoms with E-state index in [2.05, 4.69) is 44.6 Å². The molecular formula is C13H17IN4O. The van der Waals surface area contributed by atoms with E-state index in [0.29, 0.717) is 9.39 Å². The topological polar surface area (TPSA) is 63.6 Å². The summed E-state index contributed by atoms with van der Waals surface area (Å²) in [5.41, 5.74) is 3.60. The van der Waals surface area contributed by atoms with Crippen molar-refractivity contribution in [1.82, 2.24) is 19.7 Å². The molecule has 19 heavy (non-hydrogen) atoms. The molecule has 0 fully saturated rings. The van der Waals surface area contributed by atoms with Crippen molar-refractivity contribution in [3.63, 3.8) is 0 Å². The second-order valence-corrected chi connectivity index (χ2v) is 5.67. The van der Waals surface area contributed by atoms with Crippen molar-refractivity contribution in [2.45, 2.75) is 33.6 Å². The van der Waals surface area contributed by atoms with Crippen molar-refractivity contribution in [1.29, 1.82) is 0 Å². The summed E-state index contributed by atoms with van der Waals surface area (Å²) >= 11 is 2.06. The lowest BCUT2D eigenvalue weighted by atomic mass is 10.1. The van der Waals surface area contributed by atoms with Crippen LogP contribution >= 0.6 is 22.6 Å². The molecule has 0 atom stereocenters.